The number of nitrogens with one attached hydrogen (secondary N) is 4. The molecule has 0 radical (unpaired) electrons. The summed E-state index contributed by atoms with van der Waals surface area (Å²) in [6.45, 7) is -0.0443. The molecule has 0 spiro atoms. The fourth-order valence-corrected chi connectivity index (χ4v) is 6.00. The van der Waals surface area contributed by atoms with Gasteiger partial charge >= 0.3 is 7.12 Å². The number of hydrogen-bond acceptors (Lipinski definition) is 14. The number of hydrogen-bond donors (Lipinski definition) is 8. The first kappa shape index (κ1) is 35.8. The van der Waals surface area contributed by atoms with Crippen molar-refractivity contribution in [2.24, 2.45) is 0 Å². The molecular formula is C30H30BBrF2N10O4S2. The van der Waals surface area contributed by atoms with Gasteiger partial charge in [0, 0.05) is 74.0 Å². The Balaban J connectivity index is 0.000000141. The first-order valence-corrected chi connectivity index (χ1v) is 17.7. The molecule has 0 aliphatic heterocycles. The van der Waals surface area contributed by atoms with Crippen molar-refractivity contribution in [3.05, 3.63) is 92.2 Å². The number of aliphatic hydroxyl groups is 1. The van der Waals surface area contributed by atoms with E-state index in [1.54, 1.807) is 18.2 Å². The number of thiophene rings is 1. The lowest BCUT2D eigenvalue weighted by Crippen LogP contribution is -2.26. The van der Waals surface area contributed by atoms with Crippen molar-refractivity contribution in [3.8, 4) is 0 Å². The smallest absolute Gasteiger partial charge is 0.423 e. The predicted molar refractivity (Wildman–Crippen MR) is 190 cm³/mol. The summed E-state index contributed by atoms with van der Waals surface area (Å²) >= 11 is 4.98. The minimum Gasteiger partial charge on any atom is -0.423 e. The summed E-state index contributed by atoms with van der Waals surface area (Å²) in [6, 6.07) is 7.02. The van der Waals surface area contributed by atoms with Crippen molar-refractivity contribution in [1.82, 2.24) is 40.3 Å². The zero-order chi connectivity index (χ0) is 35.2. The van der Waals surface area contributed by atoms with Crippen LogP contribution < -0.4 is 15.4 Å². The number of halogens is 3. The highest BCUT2D eigenvalue weighted by Gasteiger charge is 2.26. The maximum absolute atomic E-state index is 14.0. The number of aliphatic hydroxyl groups excluding tert-OH is 1. The summed E-state index contributed by atoms with van der Waals surface area (Å²) < 4.78 is 37.2. The third-order valence-corrected chi connectivity index (χ3v) is 9.52. The third kappa shape index (κ3) is 9.59. The van der Waals surface area contributed by atoms with E-state index < -0.39 is 18.8 Å². The van der Waals surface area contributed by atoms with Crippen LogP contribution in [0, 0.1) is 11.6 Å². The molecule has 14 nitrogen and oxygen atoms in total. The normalized spacial score (nSPS) is 14.9. The van der Waals surface area contributed by atoms with Crippen LogP contribution in [0.25, 0.3) is 5.57 Å². The van der Waals surface area contributed by atoms with Crippen LogP contribution in [-0.2, 0) is 6.61 Å². The zero-order valence-corrected chi connectivity index (χ0v) is 29.2. The predicted octanol–water partition coefficient (Wildman–Crippen LogP) is 5.48. The highest BCUT2D eigenvalue weighted by molar-refractivity contribution is 9.10. The Kier molecular flexibility index (Phi) is 11.7. The first-order valence-electron chi connectivity index (χ1n) is 15.3. The van der Waals surface area contributed by atoms with E-state index in [9.17, 15) is 8.78 Å². The van der Waals surface area contributed by atoms with Gasteiger partial charge < -0.3 is 30.3 Å². The van der Waals surface area contributed by atoms with E-state index in [1.165, 1.54) is 37.0 Å². The third-order valence-electron chi connectivity index (χ3n) is 7.51. The van der Waals surface area contributed by atoms with Crippen molar-refractivity contribution in [2.45, 2.75) is 50.5 Å². The molecule has 2 fully saturated rings. The lowest BCUT2D eigenvalue weighted by Gasteiger charge is -2.07. The van der Waals surface area contributed by atoms with Gasteiger partial charge in [0.2, 0.25) is 0 Å². The average molecular weight is 787 g/mol. The molecule has 0 saturated heterocycles. The quantitative estimate of drug-likeness (QED) is 0.0501. The summed E-state index contributed by atoms with van der Waals surface area (Å²) in [4.78, 5) is 17.4. The summed E-state index contributed by atoms with van der Waals surface area (Å²) in [5.41, 5.74) is 2.99. The fraction of sp³-hybridized carbons (Fsp3) is 0.267. The molecule has 8 N–H and O–H groups in total. The molecule has 2 saturated carbocycles. The van der Waals surface area contributed by atoms with Crippen molar-refractivity contribution in [2.75, 3.05) is 10.6 Å². The Morgan fingerprint density at radius 1 is 0.900 bits per heavy atom. The van der Waals surface area contributed by atoms with Crippen LogP contribution in [0.2, 0.25) is 0 Å². The molecular weight excluding hydrogens is 757 g/mol. The van der Waals surface area contributed by atoms with E-state index in [1.807, 2.05) is 18.2 Å². The highest BCUT2D eigenvalue weighted by Crippen LogP contribution is 2.40. The standard InChI is InChI=1S/C15H14FN5OS.C10H9BrFN5.C5H7BO3S/c16-11-7-17-14(9-3-4-10(5-9)23-22)19-15(11)18-13-6-12(20-21-13)8-1-2-8;11-10-13-4-6(12)9(15-10)14-8-3-7(16-17-8)5-1-2-5;7-3-4-1-2-5(10-4)6(8)9/h3-4,6-8,22H,1-2,5H2,(H2,17,18,19,20,21);3-5H,1-2H2,(H2,13,14,15,16,17);1-2,7-9H,3H2. The molecule has 0 aromatic carbocycles. The van der Waals surface area contributed by atoms with E-state index in [-0.39, 0.29) is 18.2 Å². The molecule has 0 unspecified atom stereocenters. The number of aromatic amines is 2. The molecule has 260 valence electrons. The maximum Gasteiger partial charge on any atom is 0.499 e. The molecule has 20 heteroatoms. The van der Waals surface area contributed by atoms with Crippen molar-refractivity contribution in [1.29, 1.82) is 0 Å². The van der Waals surface area contributed by atoms with E-state index >= 15 is 0 Å². The molecule has 8 rings (SSSR count). The number of H-pyrrole nitrogens is 2. The van der Waals surface area contributed by atoms with Gasteiger partial charge in [-0.15, -0.1) is 11.3 Å². The lowest BCUT2D eigenvalue weighted by molar-refractivity contribution is 0.285. The van der Waals surface area contributed by atoms with Crippen LogP contribution in [0.1, 0.15) is 66.0 Å². The van der Waals surface area contributed by atoms with Gasteiger partial charge in [0.25, 0.3) is 0 Å². The summed E-state index contributed by atoms with van der Waals surface area (Å²) in [5, 5.41) is 45.6. The monoisotopic (exact) mass is 786 g/mol. The van der Waals surface area contributed by atoms with Gasteiger partial charge in [-0.05, 0) is 53.8 Å². The Bertz CT molecular complexity index is 2000. The minimum absolute atomic E-state index is 0.0443. The van der Waals surface area contributed by atoms with Gasteiger partial charge in [-0.25, -0.2) is 28.7 Å². The van der Waals surface area contributed by atoms with Gasteiger partial charge in [-0.1, -0.05) is 12.1 Å². The number of nitrogens with zero attached hydrogens (tertiary/aromatic N) is 6. The van der Waals surface area contributed by atoms with Crippen molar-refractivity contribution < 1.29 is 28.5 Å². The fourth-order valence-electron chi connectivity index (χ4n) is 4.63. The molecule has 0 atom stereocenters. The molecule has 5 aromatic rings. The molecule has 3 aliphatic rings. The molecule has 3 aliphatic carbocycles. The minimum atomic E-state index is -1.41. The molecule has 0 amide bonds. The van der Waals surface area contributed by atoms with Crippen LogP contribution in [0.15, 0.2) is 58.5 Å². The van der Waals surface area contributed by atoms with Crippen molar-refractivity contribution >= 4 is 80.0 Å². The van der Waals surface area contributed by atoms with E-state index in [4.69, 9.17) is 19.7 Å². The molecule has 0 bridgehead atoms. The summed E-state index contributed by atoms with van der Waals surface area (Å²) in [6.07, 6.45) is 11.1. The second-order valence-electron chi connectivity index (χ2n) is 11.4. The SMILES string of the molecule is Fc1cnc(Br)nc1Nc1cc(C2CC2)[nH]n1.OCc1ccc(B(O)O)s1.OSC1=CC=C(c2ncc(F)c(Nc3cc(C4CC4)[nH]n3)n2)C1. The summed E-state index contributed by atoms with van der Waals surface area (Å²) in [5.74, 6) is 1.84. The Morgan fingerprint density at radius 2 is 1.50 bits per heavy atom. The maximum atomic E-state index is 14.0. The number of allylic oxidation sites excluding steroid dienone is 4. The van der Waals surface area contributed by atoms with Crippen LogP contribution in [0.4, 0.5) is 32.1 Å². The lowest BCUT2D eigenvalue weighted by atomic mass is 9.90. The zero-order valence-electron chi connectivity index (χ0n) is 26.0. The van der Waals surface area contributed by atoms with Gasteiger partial charge in [-0.2, -0.15) is 10.2 Å². The first-order chi connectivity index (χ1) is 24.2. The molecule has 5 aromatic heterocycles. The largest absolute Gasteiger partial charge is 0.499 e. The van der Waals surface area contributed by atoms with Gasteiger partial charge in [0.05, 0.1) is 19.0 Å². The Labute approximate surface area is 301 Å². The second-order valence-corrected chi connectivity index (χ2v) is 14.0. The van der Waals surface area contributed by atoms with Crippen LogP contribution in [0.5, 0.6) is 0 Å². The Hall–Kier alpha value is -4.05. The van der Waals surface area contributed by atoms with E-state index in [2.05, 4.69) is 66.9 Å². The molecule has 5 heterocycles. The highest BCUT2D eigenvalue weighted by atomic mass is 79.9. The van der Waals surface area contributed by atoms with Gasteiger partial charge in [0.15, 0.2) is 45.5 Å². The topological polar surface area (TPSA) is 214 Å². The van der Waals surface area contributed by atoms with Crippen LogP contribution in [-0.4, -0.2) is 67.2 Å². The van der Waals surface area contributed by atoms with Gasteiger partial charge in [-0.3, -0.25) is 10.2 Å². The van der Waals surface area contributed by atoms with E-state index in [0.717, 1.165) is 39.1 Å². The van der Waals surface area contributed by atoms with Gasteiger partial charge in [0.1, 0.15) is 0 Å². The number of aromatic nitrogens is 8. The summed E-state index contributed by atoms with van der Waals surface area (Å²) in [7, 11) is -1.41. The van der Waals surface area contributed by atoms with Crippen LogP contribution >= 0.6 is 39.3 Å². The number of anilines is 4. The van der Waals surface area contributed by atoms with Crippen molar-refractivity contribution in [3.63, 3.8) is 0 Å². The Morgan fingerprint density at radius 3 is 2.00 bits per heavy atom. The van der Waals surface area contributed by atoms with E-state index in [0.29, 0.717) is 57.3 Å². The molecule has 50 heavy (non-hydrogen) atoms. The number of rotatable bonds is 10. The average Bonchev–Trinajstić information content (AvgIpc) is 3.88. The second kappa shape index (κ2) is 16.3. The van der Waals surface area contributed by atoms with Crippen LogP contribution in [0.3, 0.4) is 0 Å².